The fourth-order valence-corrected chi connectivity index (χ4v) is 4.49. The van der Waals surface area contributed by atoms with Gasteiger partial charge >= 0.3 is 0 Å². The molecule has 160 valence electrons. The molecular formula is C26H21NO5. The maximum absolute atomic E-state index is 13.9. The van der Waals surface area contributed by atoms with E-state index in [2.05, 4.69) is 0 Å². The average molecular weight is 427 g/mol. The lowest BCUT2D eigenvalue weighted by atomic mass is 10.0. The van der Waals surface area contributed by atoms with E-state index in [9.17, 15) is 14.7 Å². The van der Waals surface area contributed by atoms with E-state index in [0.717, 1.165) is 11.1 Å². The van der Waals surface area contributed by atoms with E-state index in [1.54, 1.807) is 22.8 Å². The first-order valence-corrected chi connectivity index (χ1v) is 10.3. The van der Waals surface area contributed by atoms with Crippen LogP contribution in [0, 0.1) is 0 Å². The zero-order valence-corrected chi connectivity index (χ0v) is 17.7. The number of pyridine rings is 1. The van der Waals surface area contributed by atoms with Gasteiger partial charge in [0.15, 0.2) is 17.3 Å². The molecule has 1 N–H and O–H groups in total. The van der Waals surface area contributed by atoms with Crippen molar-refractivity contribution in [2.24, 2.45) is 0 Å². The minimum absolute atomic E-state index is 0.0452. The van der Waals surface area contributed by atoms with Crippen molar-refractivity contribution >= 4 is 16.6 Å². The lowest BCUT2D eigenvalue weighted by molar-refractivity contribution is 0.104. The molecule has 6 nitrogen and oxygen atoms in total. The maximum atomic E-state index is 13.9. The summed E-state index contributed by atoms with van der Waals surface area (Å²) in [6, 6.07) is 18.2. The van der Waals surface area contributed by atoms with Crippen molar-refractivity contribution in [3.05, 3.63) is 87.7 Å². The Morgan fingerprint density at radius 1 is 0.875 bits per heavy atom. The molecule has 4 aromatic rings. The fraction of sp³-hybridized carbons (Fsp3) is 0.154. The highest BCUT2D eigenvalue weighted by atomic mass is 16.5. The molecule has 6 heteroatoms. The number of aliphatic hydroxyl groups excluding tert-OH is 1. The minimum Gasteiger partial charge on any atom is -0.493 e. The Hall–Kier alpha value is -3.90. The quantitative estimate of drug-likeness (QED) is 0.462. The third-order valence-corrected chi connectivity index (χ3v) is 5.94. The first kappa shape index (κ1) is 20.0. The highest BCUT2D eigenvalue weighted by Gasteiger charge is 2.34. The standard InChI is InChI=1S/C26H21NO5/c1-31-20-12-11-19-21-23(17-5-3-4-6-18(17)24(21)29)27(26(30)22(19)25(20)32-2)16-9-7-15(8-10-16)13-14-28/h3-12,28H,13-14H2,1-2H3. The van der Waals surface area contributed by atoms with Crippen LogP contribution in [-0.2, 0) is 6.42 Å². The molecule has 1 aromatic heterocycles. The normalized spacial score (nSPS) is 12.0. The lowest BCUT2D eigenvalue weighted by Crippen LogP contribution is -2.22. The number of hydrogen-bond acceptors (Lipinski definition) is 5. The summed E-state index contributed by atoms with van der Waals surface area (Å²) in [5, 5.41) is 10.1. The molecule has 0 aliphatic heterocycles. The fourth-order valence-electron chi connectivity index (χ4n) is 4.49. The number of fused-ring (bicyclic) bond motifs is 5. The molecule has 0 saturated carbocycles. The predicted octanol–water partition coefficient (Wildman–Crippen LogP) is 3.75. The van der Waals surface area contributed by atoms with Crippen molar-refractivity contribution in [3.8, 4) is 28.4 Å². The number of aromatic nitrogens is 1. The van der Waals surface area contributed by atoms with Crippen LogP contribution in [0.3, 0.4) is 0 Å². The van der Waals surface area contributed by atoms with E-state index in [4.69, 9.17) is 9.47 Å². The monoisotopic (exact) mass is 427 g/mol. The Morgan fingerprint density at radius 2 is 1.59 bits per heavy atom. The Morgan fingerprint density at radius 3 is 2.25 bits per heavy atom. The summed E-state index contributed by atoms with van der Waals surface area (Å²) in [6.07, 6.45) is 0.525. The van der Waals surface area contributed by atoms with Crippen LogP contribution in [-0.4, -0.2) is 36.3 Å². The lowest BCUT2D eigenvalue weighted by Gasteiger charge is -2.18. The van der Waals surface area contributed by atoms with Gasteiger partial charge < -0.3 is 14.6 Å². The Kier molecular flexibility index (Phi) is 4.79. The number of benzene rings is 3. The topological polar surface area (TPSA) is 77.8 Å². The zero-order valence-electron chi connectivity index (χ0n) is 17.7. The average Bonchev–Trinajstić information content (AvgIpc) is 3.12. The molecule has 0 fully saturated rings. The molecule has 0 bridgehead atoms. The second-order valence-corrected chi connectivity index (χ2v) is 7.60. The molecular weight excluding hydrogens is 406 g/mol. The number of carbonyl (C=O) groups excluding carboxylic acids is 1. The van der Waals surface area contributed by atoms with E-state index in [1.807, 2.05) is 42.5 Å². The Bertz CT molecular complexity index is 1430. The Balaban J connectivity index is 1.94. The summed E-state index contributed by atoms with van der Waals surface area (Å²) in [4.78, 5) is 27.4. The molecule has 0 saturated heterocycles. The molecule has 1 heterocycles. The van der Waals surface area contributed by atoms with Crippen LogP contribution >= 0.6 is 0 Å². The van der Waals surface area contributed by atoms with Gasteiger partial charge in [0.05, 0.1) is 30.9 Å². The number of aliphatic hydroxyl groups is 1. The van der Waals surface area contributed by atoms with Gasteiger partial charge in [0, 0.05) is 28.8 Å². The highest BCUT2D eigenvalue weighted by molar-refractivity contribution is 6.27. The van der Waals surface area contributed by atoms with Gasteiger partial charge in [-0.3, -0.25) is 14.2 Å². The Labute approximate surface area is 184 Å². The van der Waals surface area contributed by atoms with Crippen LogP contribution in [0.25, 0.3) is 27.7 Å². The highest BCUT2D eigenvalue weighted by Crippen LogP contribution is 2.43. The summed E-state index contributed by atoms with van der Waals surface area (Å²) >= 11 is 0. The molecule has 0 atom stereocenters. The molecule has 5 rings (SSSR count). The summed E-state index contributed by atoms with van der Waals surface area (Å²) in [5.74, 6) is 0.593. The van der Waals surface area contributed by atoms with Gasteiger partial charge in [-0.1, -0.05) is 36.4 Å². The van der Waals surface area contributed by atoms with Crippen LogP contribution in [0.4, 0.5) is 0 Å². The predicted molar refractivity (Wildman–Crippen MR) is 122 cm³/mol. The third kappa shape index (κ3) is 2.77. The van der Waals surface area contributed by atoms with Crippen LogP contribution in [0.1, 0.15) is 21.5 Å². The van der Waals surface area contributed by atoms with Crippen molar-refractivity contribution < 1.29 is 19.4 Å². The van der Waals surface area contributed by atoms with Crippen LogP contribution in [0.5, 0.6) is 11.5 Å². The van der Waals surface area contributed by atoms with Crippen LogP contribution < -0.4 is 15.0 Å². The molecule has 1 aliphatic carbocycles. The first-order chi connectivity index (χ1) is 15.6. The molecule has 0 unspecified atom stereocenters. The van der Waals surface area contributed by atoms with Crippen LogP contribution in [0.15, 0.2) is 65.5 Å². The molecule has 3 aromatic carbocycles. The molecule has 0 radical (unpaired) electrons. The molecule has 32 heavy (non-hydrogen) atoms. The van der Waals surface area contributed by atoms with Crippen LogP contribution in [0.2, 0.25) is 0 Å². The van der Waals surface area contributed by atoms with Gasteiger partial charge in [-0.05, 0) is 36.2 Å². The van der Waals surface area contributed by atoms with Gasteiger partial charge in [0.1, 0.15) is 0 Å². The summed E-state index contributed by atoms with van der Waals surface area (Å²) in [5.41, 5.74) is 3.62. The van der Waals surface area contributed by atoms with Gasteiger partial charge in [-0.25, -0.2) is 0 Å². The van der Waals surface area contributed by atoms with E-state index in [1.165, 1.54) is 14.2 Å². The van der Waals surface area contributed by atoms with Gasteiger partial charge in [-0.2, -0.15) is 0 Å². The van der Waals surface area contributed by atoms with Gasteiger partial charge in [0.25, 0.3) is 5.56 Å². The van der Waals surface area contributed by atoms with Crippen molar-refractivity contribution in [1.29, 1.82) is 0 Å². The van der Waals surface area contributed by atoms with Crippen molar-refractivity contribution in [2.75, 3.05) is 20.8 Å². The molecule has 0 amide bonds. The van der Waals surface area contributed by atoms with E-state index >= 15 is 0 Å². The number of ether oxygens (including phenoxy) is 2. The number of ketones is 1. The molecule has 0 spiro atoms. The summed E-state index contributed by atoms with van der Waals surface area (Å²) in [7, 11) is 2.99. The molecule has 1 aliphatic rings. The van der Waals surface area contributed by atoms with Crippen molar-refractivity contribution in [3.63, 3.8) is 0 Å². The smallest absolute Gasteiger partial charge is 0.267 e. The van der Waals surface area contributed by atoms with E-state index in [-0.39, 0.29) is 17.9 Å². The third-order valence-electron chi connectivity index (χ3n) is 5.94. The number of rotatable bonds is 5. The van der Waals surface area contributed by atoms with Crippen molar-refractivity contribution in [1.82, 2.24) is 4.57 Å². The zero-order chi connectivity index (χ0) is 22.4. The van der Waals surface area contributed by atoms with Crippen molar-refractivity contribution in [2.45, 2.75) is 6.42 Å². The first-order valence-electron chi connectivity index (χ1n) is 10.3. The maximum Gasteiger partial charge on any atom is 0.267 e. The van der Waals surface area contributed by atoms with E-state index < -0.39 is 0 Å². The summed E-state index contributed by atoms with van der Waals surface area (Å²) in [6.45, 7) is 0.0452. The minimum atomic E-state index is -0.297. The number of hydrogen-bond donors (Lipinski definition) is 1. The largest absolute Gasteiger partial charge is 0.493 e. The van der Waals surface area contributed by atoms with Gasteiger partial charge in [-0.15, -0.1) is 0 Å². The summed E-state index contributed by atoms with van der Waals surface area (Å²) < 4.78 is 12.6. The van der Waals surface area contributed by atoms with E-state index in [0.29, 0.717) is 51.2 Å². The second-order valence-electron chi connectivity index (χ2n) is 7.60. The SMILES string of the molecule is COc1ccc2c3c(n(-c4ccc(CCO)cc4)c(=O)c2c1OC)-c1ccccc1C3=O. The number of methoxy groups -OCH3 is 2. The van der Waals surface area contributed by atoms with Gasteiger partial charge in [0.2, 0.25) is 0 Å². The number of nitrogens with zero attached hydrogens (tertiary/aromatic N) is 1. The number of carbonyl (C=O) groups is 1. The second kappa shape index (κ2) is 7.66.